The lowest BCUT2D eigenvalue weighted by Gasteiger charge is -2.18. The fourth-order valence-electron chi connectivity index (χ4n) is 1.30. The first-order valence-electron chi connectivity index (χ1n) is 4.70. The summed E-state index contributed by atoms with van der Waals surface area (Å²) in [6.07, 6.45) is 0. The molecule has 0 atom stereocenters. The molecule has 0 aliphatic rings. The van der Waals surface area contributed by atoms with Gasteiger partial charge in [-0.3, -0.25) is 0 Å². The summed E-state index contributed by atoms with van der Waals surface area (Å²) in [7, 11) is -4.43. The largest absolute Gasteiger partial charge is 0.306 e. The zero-order valence-electron chi connectivity index (χ0n) is 9.12. The lowest BCUT2D eigenvalue weighted by atomic mass is 9.87. The van der Waals surface area contributed by atoms with E-state index in [0.29, 0.717) is 5.56 Å². The Kier molecular flexibility index (Phi) is 3.19. The van der Waals surface area contributed by atoms with Gasteiger partial charge in [-0.15, -0.1) is 3.89 Å². The first kappa shape index (κ1) is 12.2. The Morgan fingerprint density at radius 2 is 1.60 bits per heavy atom. The van der Waals surface area contributed by atoms with Gasteiger partial charge >= 0.3 is 10.2 Å². The van der Waals surface area contributed by atoms with Crippen LogP contribution in [0.3, 0.4) is 0 Å². The summed E-state index contributed by atoms with van der Waals surface area (Å²) in [6, 6.07) is 6.97. The maximum absolute atomic E-state index is 12.4. The predicted molar refractivity (Wildman–Crippen MR) is 58.9 cm³/mol. The molecule has 0 aliphatic carbocycles. The average Bonchev–Trinajstić information content (AvgIpc) is 2.00. The summed E-state index contributed by atoms with van der Waals surface area (Å²) in [5, 5.41) is 0. The van der Waals surface area contributed by atoms with Gasteiger partial charge in [-0.25, -0.2) is 0 Å². The zero-order valence-corrected chi connectivity index (χ0v) is 9.94. The first-order chi connectivity index (χ1) is 6.68. The van der Waals surface area contributed by atoms with Gasteiger partial charge in [0.25, 0.3) is 0 Å². The van der Waals surface area contributed by atoms with Crippen LogP contribution in [0.1, 0.15) is 31.9 Å². The Morgan fingerprint density at radius 3 is 1.93 bits per heavy atom. The van der Waals surface area contributed by atoms with E-state index in [1.807, 2.05) is 12.1 Å². The van der Waals surface area contributed by atoms with Crippen LogP contribution in [-0.4, -0.2) is 8.42 Å². The Hall–Kier alpha value is -0.900. The minimum Gasteiger partial charge on any atom is -0.194 e. The first-order valence-corrected chi connectivity index (χ1v) is 6.25. The van der Waals surface area contributed by atoms with Crippen LogP contribution in [0.15, 0.2) is 24.3 Å². The van der Waals surface area contributed by atoms with E-state index in [-0.39, 0.29) is 5.41 Å². The number of benzene rings is 1. The van der Waals surface area contributed by atoms with Crippen molar-refractivity contribution in [2.45, 2.75) is 31.9 Å². The van der Waals surface area contributed by atoms with Crippen molar-refractivity contribution in [3.8, 4) is 0 Å². The topological polar surface area (TPSA) is 34.1 Å². The Morgan fingerprint density at radius 1 is 1.13 bits per heavy atom. The summed E-state index contributed by atoms with van der Waals surface area (Å²) >= 11 is 0. The fourth-order valence-corrected chi connectivity index (χ4v) is 1.89. The maximum Gasteiger partial charge on any atom is 0.306 e. The molecule has 0 saturated carbocycles. The van der Waals surface area contributed by atoms with Crippen molar-refractivity contribution in [3.63, 3.8) is 0 Å². The molecular formula is C11H15FO2S. The van der Waals surface area contributed by atoms with Gasteiger partial charge in [0.05, 0.1) is 0 Å². The highest BCUT2D eigenvalue weighted by Gasteiger charge is 2.14. The molecule has 0 saturated heterocycles. The van der Waals surface area contributed by atoms with Crippen LogP contribution >= 0.6 is 0 Å². The van der Waals surface area contributed by atoms with Crippen LogP contribution < -0.4 is 0 Å². The van der Waals surface area contributed by atoms with Crippen molar-refractivity contribution in [1.29, 1.82) is 0 Å². The number of hydrogen-bond donors (Lipinski definition) is 0. The number of hydrogen-bond acceptors (Lipinski definition) is 2. The lowest BCUT2D eigenvalue weighted by Crippen LogP contribution is -2.10. The molecule has 1 aromatic rings. The van der Waals surface area contributed by atoms with Gasteiger partial charge < -0.3 is 0 Å². The van der Waals surface area contributed by atoms with Crippen LogP contribution in [-0.2, 0) is 21.4 Å². The van der Waals surface area contributed by atoms with E-state index in [0.717, 1.165) is 5.56 Å². The smallest absolute Gasteiger partial charge is 0.194 e. The van der Waals surface area contributed by atoms with Crippen molar-refractivity contribution in [2.75, 3.05) is 0 Å². The highest BCUT2D eigenvalue weighted by molar-refractivity contribution is 7.85. The van der Waals surface area contributed by atoms with E-state index in [9.17, 15) is 12.3 Å². The minimum absolute atomic E-state index is 0.0210. The monoisotopic (exact) mass is 230 g/mol. The molecule has 15 heavy (non-hydrogen) atoms. The average molecular weight is 230 g/mol. The molecule has 0 N–H and O–H groups in total. The Bertz CT molecular complexity index is 427. The maximum atomic E-state index is 12.4. The quantitative estimate of drug-likeness (QED) is 0.732. The third kappa shape index (κ3) is 4.00. The molecule has 4 heteroatoms. The zero-order chi connectivity index (χ0) is 11.7. The van der Waals surface area contributed by atoms with E-state index in [1.165, 1.54) is 0 Å². The highest BCUT2D eigenvalue weighted by atomic mass is 32.3. The lowest BCUT2D eigenvalue weighted by molar-refractivity contribution is 0.551. The molecular weight excluding hydrogens is 215 g/mol. The molecule has 0 unspecified atom stereocenters. The molecule has 0 bridgehead atoms. The number of rotatable bonds is 2. The van der Waals surface area contributed by atoms with Crippen molar-refractivity contribution in [1.82, 2.24) is 0 Å². The molecule has 0 amide bonds. The van der Waals surface area contributed by atoms with Gasteiger partial charge in [0, 0.05) is 0 Å². The second kappa shape index (κ2) is 3.93. The third-order valence-corrected chi connectivity index (χ3v) is 2.84. The summed E-state index contributed by atoms with van der Waals surface area (Å²) in [5.41, 5.74) is 1.60. The summed E-state index contributed by atoms with van der Waals surface area (Å²) < 4.78 is 33.2. The van der Waals surface area contributed by atoms with E-state index < -0.39 is 16.0 Å². The molecule has 0 aromatic heterocycles. The van der Waals surface area contributed by atoms with Gasteiger partial charge in [-0.05, 0) is 16.5 Å². The van der Waals surface area contributed by atoms with Gasteiger partial charge in [0.15, 0.2) is 0 Å². The van der Waals surface area contributed by atoms with Gasteiger partial charge in [0.2, 0.25) is 0 Å². The van der Waals surface area contributed by atoms with Crippen molar-refractivity contribution < 1.29 is 12.3 Å². The fraction of sp³-hybridized carbons (Fsp3) is 0.455. The van der Waals surface area contributed by atoms with Crippen LogP contribution in [0, 0.1) is 0 Å². The van der Waals surface area contributed by atoms with Crippen LogP contribution in [0.25, 0.3) is 0 Å². The molecule has 0 aliphatic heterocycles. The van der Waals surface area contributed by atoms with Gasteiger partial charge in [-0.1, -0.05) is 45.0 Å². The second-order valence-corrected chi connectivity index (χ2v) is 6.00. The molecule has 1 rings (SSSR count). The third-order valence-electron chi connectivity index (χ3n) is 2.16. The Balaban J connectivity index is 2.91. The normalized spacial score (nSPS) is 12.8. The van der Waals surface area contributed by atoms with Crippen LogP contribution in [0.5, 0.6) is 0 Å². The molecule has 0 spiro atoms. The van der Waals surface area contributed by atoms with E-state index in [2.05, 4.69) is 20.8 Å². The van der Waals surface area contributed by atoms with Gasteiger partial charge in [0.1, 0.15) is 5.75 Å². The predicted octanol–water partition coefficient (Wildman–Crippen LogP) is 2.78. The van der Waals surface area contributed by atoms with Crippen molar-refractivity contribution in [2.24, 2.45) is 0 Å². The molecule has 0 heterocycles. The SMILES string of the molecule is CC(C)(C)c1ccc(CS(=O)(=O)F)cc1. The number of halogens is 1. The molecule has 1 aromatic carbocycles. The van der Waals surface area contributed by atoms with Crippen molar-refractivity contribution >= 4 is 10.2 Å². The van der Waals surface area contributed by atoms with Gasteiger partial charge in [-0.2, -0.15) is 8.42 Å². The van der Waals surface area contributed by atoms with Crippen LogP contribution in [0.2, 0.25) is 0 Å². The van der Waals surface area contributed by atoms with E-state index >= 15 is 0 Å². The van der Waals surface area contributed by atoms with Crippen LogP contribution in [0.4, 0.5) is 3.89 Å². The molecule has 0 radical (unpaired) electrons. The Labute approximate surface area is 90.3 Å². The second-order valence-electron chi connectivity index (χ2n) is 4.63. The standard InChI is InChI=1S/C11H15FO2S/c1-11(2,3)10-6-4-9(5-7-10)8-15(12,13)14/h4-7H,8H2,1-3H3. The van der Waals surface area contributed by atoms with E-state index in [1.54, 1.807) is 12.1 Å². The van der Waals surface area contributed by atoms with Crippen molar-refractivity contribution in [3.05, 3.63) is 35.4 Å². The minimum atomic E-state index is -4.43. The molecule has 84 valence electrons. The summed E-state index contributed by atoms with van der Waals surface area (Å²) in [6.45, 7) is 6.19. The molecule has 0 fully saturated rings. The summed E-state index contributed by atoms with van der Waals surface area (Å²) in [4.78, 5) is 0. The molecule has 2 nitrogen and oxygen atoms in total. The highest BCUT2D eigenvalue weighted by Crippen LogP contribution is 2.22. The van der Waals surface area contributed by atoms with E-state index in [4.69, 9.17) is 0 Å². The summed E-state index contributed by atoms with van der Waals surface area (Å²) in [5.74, 6) is -0.544.